The summed E-state index contributed by atoms with van der Waals surface area (Å²) in [7, 11) is 1.99. The molecule has 0 radical (unpaired) electrons. The van der Waals surface area contributed by atoms with Crippen LogP contribution in [0.15, 0.2) is 4.99 Å². The molecule has 0 aromatic carbocycles. The van der Waals surface area contributed by atoms with E-state index in [-0.39, 0.29) is 0 Å². The maximum absolute atomic E-state index is 5.43. The summed E-state index contributed by atoms with van der Waals surface area (Å²) < 4.78 is 7.44. The number of aliphatic imine (C=N–C) groups is 1. The van der Waals surface area contributed by atoms with Crippen molar-refractivity contribution >= 4 is 5.96 Å². The number of guanidine groups is 1. The summed E-state index contributed by atoms with van der Waals surface area (Å²) in [6, 6.07) is 0.477. The van der Waals surface area contributed by atoms with Gasteiger partial charge in [0.25, 0.3) is 0 Å². The normalized spacial score (nSPS) is 19.9. The van der Waals surface area contributed by atoms with Crippen molar-refractivity contribution in [3.63, 3.8) is 0 Å². The van der Waals surface area contributed by atoms with E-state index in [0.29, 0.717) is 12.6 Å². The second-order valence-electron chi connectivity index (χ2n) is 8.38. The van der Waals surface area contributed by atoms with Crippen LogP contribution in [0.2, 0.25) is 0 Å². The Hall–Kier alpha value is -1.71. The molecule has 2 saturated heterocycles. The number of nitrogens with zero attached hydrogens (tertiary/aromatic N) is 6. The number of hydrogen-bond acceptors (Lipinski definition) is 6. The Balaban J connectivity index is 1.50. The molecule has 9 nitrogen and oxygen atoms in total. The summed E-state index contributed by atoms with van der Waals surface area (Å²) in [5.41, 5.74) is 0. The van der Waals surface area contributed by atoms with Crippen molar-refractivity contribution in [3.05, 3.63) is 11.6 Å². The molecule has 170 valence electrons. The molecule has 0 unspecified atom stereocenters. The first-order chi connectivity index (χ1) is 14.7. The molecule has 0 spiro atoms. The number of aryl methyl sites for hydroxylation is 1. The van der Waals surface area contributed by atoms with Crippen LogP contribution in [0, 0.1) is 6.92 Å². The largest absolute Gasteiger partial charge is 0.379 e. The topological polar surface area (TPSA) is 82.8 Å². The molecule has 0 atom stereocenters. The SMILES string of the molecule is CCCN1CCC(NC(=NCc2nnc(C)n2C)NCCCN2CCOCC2)CC1. The number of hydrogen-bond donors (Lipinski definition) is 2. The maximum Gasteiger partial charge on any atom is 0.191 e. The number of nitrogens with one attached hydrogen (secondary N) is 2. The molecule has 2 N–H and O–H groups in total. The number of rotatable bonds is 9. The Labute approximate surface area is 181 Å². The number of aromatic nitrogens is 3. The number of likely N-dealkylation sites (tertiary alicyclic amines) is 1. The van der Waals surface area contributed by atoms with Gasteiger partial charge in [0.15, 0.2) is 11.8 Å². The highest BCUT2D eigenvalue weighted by molar-refractivity contribution is 5.80. The number of morpholine rings is 1. The minimum absolute atomic E-state index is 0.477. The average Bonchev–Trinajstić information content (AvgIpc) is 3.09. The van der Waals surface area contributed by atoms with Crippen LogP contribution in [0.5, 0.6) is 0 Å². The van der Waals surface area contributed by atoms with Gasteiger partial charge in [-0.3, -0.25) is 4.90 Å². The van der Waals surface area contributed by atoms with Gasteiger partial charge in [-0.25, -0.2) is 4.99 Å². The van der Waals surface area contributed by atoms with Gasteiger partial charge in [-0.1, -0.05) is 6.92 Å². The molecule has 3 rings (SSSR count). The highest BCUT2D eigenvalue weighted by atomic mass is 16.5. The van der Waals surface area contributed by atoms with E-state index in [1.807, 2.05) is 18.5 Å². The lowest BCUT2D eigenvalue weighted by Crippen LogP contribution is -2.49. The zero-order valence-corrected chi connectivity index (χ0v) is 19.1. The summed E-state index contributed by atoms with van der Waals surface area (Å²) >= 11 is 0. The summed E-state index contributed by atoms with van der Waals surface area (Å²) in [4.78, 5) is 9.86. The fourth-order valence-electron chi connectivity index (χ4n) is 4.04. The van der Waals surface area contributed by atoms with Crippen molar-refractivity contribution in [2.45, 2.75) is 52.1 Å². The molecule has 0 bridgehead atoms. The third-order valence-corrected chi connectivity index (χ3v) is 6.08. The predicted molar refractivity (Wildman–Crippen MR) is 120 cm³/mol. The minimum atomic E-state index is 0.477. The Bertz CT molecular complexity index is 647. The molecule has 1 aromatic rings. The van der Waals surface area contributed by atoms with E-state index in [2.05, 4.69) is 37.6 Å². The van der Waals surface area contributed by atoms with Gasteiger partial charge in [0.05, 0.1) is 13.2 Å². The monoisotopic (exact) mass is 420 g/mol. The predicted octanol–water partition coefficient (Wildman–Crippen LogP) is 0.755. The first kappa shape index (κ1) is 23.0. The Kier molecular flexibility index (Phi) is 9.35. The van der Waals surface area contributed by atoms with Gasteiger partial charge < -0.3 is 24.8 Å². The summed E-state index contributed by atoms with van der Waals surface area (Å²) in [6.07, 6.45) is 4.65. The highest BCUT2D eigenvalue weighted by Gasteiger charge is 2.19. The molecule has 1 aromatic heterocycles. The molecule has 0 amide bonds. The fraction of sp³-hybridized carbons (Fsp3) is 0.857. The first-order valence-corrected chi connectivity index (χ1v) is 11.6. The van der Waals surface area contributed by atoms with Crippen LogP contribution in [-0.2, 0) is 18.3 Å². The average molecular weight is 421 g/mol. The molecule has 2 aliphatic heterocycles. The van der Waals surface area contributed by atoms with Gasteiger partial charge in [-0.15, -0.1) is 10.2 Å². The molecule has 3 heterocycles. The van der Waals surface area contributed by atoms with Crippen LogP contribution in [0.1, 0.15) is 44.3 Å². The smallest absolute Gasteiger partial charge is 0.191 e. The van der Waals surface area contributed by atoms with E-state index < -0.39 is 0 Å². The third-order valence-electron chi connectivity index (χ3n) is 6.08. The van der Waals surface area contributed by atoms with Crippen molar-refractivity contribution in [1.29, 1.82) is 0 Å². The van der Waals surface area contributed by atoms with Gasteiger partial charge in [0.1, 0.15) is 12.4 Å². The van der Waals surface area contributed by atoms with E-state index in [9.17, 15) is 0 Å². The van der Waals surface area contributed by atoms with Crippen molar-refractivity contribution < 1.29 is 4.74 Å². The van der Waals surface area contributed by atoms with Gasteiger partial charge in [-0.05, 0) is 45.7 Å². The standard InChI is InChI=1S/C21H40N8O/c1-4-9-28-11-6-19(7-12-28)24-21(23-17-20-26-25-18(2)27(20)3)22-8-5-10-29-13-15-30-16-14-29/h19H,4-17H2,1-3H3,(H2,22,23,24). The molecule has 2 aliphatic rings. The van der Waals surface area contributed by atoms with Crippen LogP contribution >= 0.6 is 0 Å². The molecule has 30 heavy (non-hydrogen) atoms. The van der Waals surface area contributed by atoms with Gasteiger partial charge in [-0.2, -0.15) is 0 Å². The maximum atomic E-state index is 5.43. The van der Waals surface area contributed by atoms with Crippen LogP contribution in [0.25, 0.3) is 0 Å². The second-order valence-corrected chi connectivity index (χ2v) is 8.38. The van der Waals surface area contributed by atoms with Crippen LogP contribution in [0.3, 0.4) is 0 Å². The molecular formula is C21H40N8O. The van der Waals surface area contributed by atoms with Crippen molar-refractivity contribution in [1.82, 2.24) is 35.2 Å². The molecule has 0 aliphatic carbocycles. The zero-order valence-electron chi connectivity index (χ0n) is 19.1. The van der Waals surface area contributed by atoms with E-state index in [1.165, 1.54) is 13.0 Å². The van der Waals surface area contributed by atoms with E-state index in [0.717, 1.165) is 89.4 Å². The van der Waals surface area contributed by atoms with Gasteiger partial charge in [0.2, 0.25) is 0 Å². The highest BCUT2D eigenvalue weighted by Crippen LogP contribution is 2.10. The third kappa shape index (κ3) is 7.21. The number of ether oxygens (including phenoxy) is 1. The van der Waals surface area contributed by atoms with E-state index in [1.54, 1.807) is 0 Å². The van der Waals surface area contributed by atoms with Crippen molar-refractivity contribution in [2.24, 2.45) is 12.0 Å². The minimum Gasteiger partial charge on any atom is -0.379 e. The second kappa shape index (κ2) is 12.2. The molecule has 0 saturated carbocycles. The van der Waals surface area contributed by atoms with Crippen molar-refractivity contribution in [2.75, 3.05) is 59.0 Å². The lowest BCUT2D eigenvalue weighted by Gasteiger charge is -2.33. The molecule has 9 heteroatoms. The van der Waals surface area contributed by atoms with Crippen LogP contribution in [-0.4, -0.2) is 95.6 Å². The van der Waals surface area contributed by atoms with Crippen LogP contribution in [0.4, 0.5) is 0 Å². The van der Waals surface area contributed by atoms with Crippen LogP contribution < -0.4 is 10.6 Å². The van der Waals surface area contributed by atoms with Gasteiger partial charge >= 0.3 is 0 Å². The lowest BCUT2D eigenvalue weighted by atomic mass is 10.1. The summed E-state index contributed by atoms with van der Waals surface area (Å²) in [6.45, 7) is 14.1. The Morgan fingerprint density at radius 2 is 1.83 bits per heavy atom. The zero-order chi connectivity index (χ0) is 21.2. The Morgan fingerprint density at radius 3 is 2.50 bits per heavy atom. The summed E-state index contributed by atoms with van der Waals surface area (Å²) in [5.74, 6) is 2.70. The van der Waals surface area contributed by atoms with Gasteiger partial charge in [0, 0.05) is 45.8 Å². The fourth-order valence-corrected chi connectivity index (χ4v) is 4.04. The summed E-state index contributed by atoms with van der Waals surface area (Å²) in [5, 5.41) is 15.6. The number of piperidine rings is 1. The van der Waals surface area contributed by atoms with E-state index in [4.69, 9.17) is 9.73 Å². The quantitative estimate of drug-likeness (QED) is 0.347. The first-order valence-electron chi connectivity index (χ1n) is 11.6. The molecule has 2 fully saturated rings. The van der Waals surface area contributed by atoms with E-state index >= 15 is 0 Å². The lowest BCUT2D eigenvalue weighted by molar-refractivity contribution is 0.0376. The molecular weight excluding hydrogens is 380 g/mol. The van der Waals surface area contributed by atoms with Crippen molar-refractivity contribution in [3.8, 4) is 0 Å². The Morgan fingerprint density at radius 1 is 1.10 bits per heavy atom.